The van der Waals surface area contributed by atoms with Crippen molar-refractivity contribution in [2.24, 2.45) is 5.92 Å². The number of amides is 1. The summed E-state index contributed by atoms with van der Waals surface area (Å²) >= 11 is 0. The summed E-state index contributed by atoms with van der Waals surface area (Å²) in [6.07, 6.45) is -3.43. The molecule has 2 saturated heterocycles. The predicted octanol–water partition coefficient (Wildman–Crippen LogP) is 6.00. The number of rotatable bonds is 5. The van der Waals surface area contributed by atoms with Crippen LogP contribution >= 0.6 is 0 Å². The predicted molar refractivity (Wildman–Crippen MR) is 138 cm³/mol. The Bertz CT molecular complexity index is 992. The normalized spacial score (nSPS) is 21.5. The molecule has 0 aromatic heterocycles. The molecule has 0 unspecified atom stereocenters. The maximum Gasteiger partial charge on any atom is 0.416 e. The zero-order chi connectivity index (χ0) is 28.5. The molecule has 2 fully saturated rings. The van der Waals surface area contributed by atoms with Crippen molar-refractivity contribution in [2.75, 3.05) is 38.3 Å². The first kappa shape index (κ1) is 30.1. The number of hydrogen-bond donors (Lipinski definition) is 0. The van der Waals surface area contributed by atoms with Crippen LogP contribution in [0.3, 0.4) is 0 Å². The Morgan fingerprint density at radius 2 is 1.58 bits per heavy atom. The van der Waals surface area contributed by atoms with Crippen molar-refractivity contribution in [3.05, 3.63) is 29.3 Å². The Labute approximate surface area is 223 Å². The van der Waals surface area contributed by atoms with Gasteiger partial charge in [0.15, 0.2) is 0 Å². The van der Waals surface area contributed by atoms with Gasteiger partial charge in [0.2, 0.25) is 0 Å². The number of benzene rings is 1. The van der Waals surface area contributed by atoms with E-state index in [9.17, 15) is 22.8 Å². The van der Waals surface area contributed by atoms with Gasteiger partial charge in [0.1, 0.15) is 11.2 Å². The van der Waals surface area contributed by atoms with Crippen LogP contribution in [0.4, 0.5) is 23.7 Å². The maximum atomic E-state index is 13.7. The number of alkyl halides is 3. The summed E-state index contributed by atoms with van der Waals surface area (Å²) in [6.45, 7) is 12.3. The van der Waals surface area contributed by atoms with E-state index in [-0.39, 0.29) is 23.8 Å². The van der Waals surface area contributed by atoms with Gasteiger partial charge in [-0.3, -0.25) is 4.79 Å². The van der Waals surface area contributed by atoms with Gasteiger partial charge in [-0.05, 0) is 78.5 Å². The monoisotopic (exact) mass is 542 g/mol. The van der Waals surface area contributed by atoms with Gasteiger partial charge in [0.05, 0.1) is 24.1 Å². The second-order valence-corrected chi connectivity index (χ2v) is 12.2. The molecule has 0 radical (unpaired) electrons. The number of anilines is 1. The lowest BCUT2D eigenvalue weighted by molar-refractivity contribution is -0.160. The smallest absolute Gasteiger partial charge is 0.416 e. The number of carbonyl (C=O) groups is 2. The molecule has 38 heavy (non-hydrogen) atoms. The van der Waals surface area contributed by atoms with Crippen LogP contribution < -0.4 is 4.90 Å². The van der Waals surface area contributed by atoms with Gasteiger partial charge in [-0.25, -0.2) is 4.79 Å². The topological polar surface area (TPSA) is 68.3 Å². The van der Waals surface area contributed by atoms with Crippen molar-refractivity contribution in [3.63, 3.8) is 0 Å². The number of methoxy groups -OCH3 is 1. The van der Waals surface area contributed by atoms with Gasteiger partial charge in [-0.2, -0.15) is 13.2 Å². The molecule has 3 rings (SSSR count). The fourth-order valence-electron chi connectivity index (χ4n) is 5.12. The zero-order valence-electron chi connectivity index (χ0n) is 23.5. The highest BCUT2D eigenvalue weighted by molar-refractivity contribution is 5.73. The average molecular weight is 543 g/mol. The Morgan fingerprint density at radius 1 is 0.974 bits per heavy atom. The maximum absolute atomic E-state index is 13.7. The molecule has 2 aliphatic rings. The van der Waals surface area contributed by atoms with E-state index in [1.807, 2.05) is 25.7 Å². The molecule has 0 bridgehead atoms. The van der Waals surface area contributed by atoms with Crippen molar-refractivity contribution in [1.82, 2.24) is 4.90 Å². The standard InChI is InChI=1S/C28H41F3N2O5/c1-26(2,3)37-24(34)18-10-12-32(13-11-18)23-15-20(28(29,30)31)8-9-22(23)19-14-21(17-36-7)33(16-19)25(35)38-27(4,5)6/h8-9,15,18-19,21H,10-14,16-17H2,1-7H3/t19-,21-/m0/s1. The first-order valence-corrected chi connectivity index (χ1v) is 13.2. The number of ether oxygens (including phenoxy) is 3. The number of nitrogens with zero attached hydrogens (tertiary/aromatic N) is 2. The third kappa shape index (κ3) is 7.77. The zero-order valence-corrected chi connectivity index (χ0v) is 23.5. The first-order valence-electron chi connectivity index (χ1n) is 13.2. The van der Waals surface area contributed by atoms with E-state index in [1.54, 1.807) is 32.8 Å². The summed E-state index contributed by atoms with van der Waals surface area (Å²) in [5.41, 5.74) is -0.745. The summed E-state index contributed by atoms with van der Waals surface area (Å²) in [5, 5.41) is 0. The highest BCUT2D eigenvalue weighted by atomic mass is 19.4. The second-order valence-electron chi connectivity index (χ2n) is 12.2. The van der Waals surface area contributed by atoms with Crippen LogP contribution in [0.25, 0.3) is 0 Å². The summed E-state index contributed by atoms with van der Waals surface area (Å²) in [7, 11) is 1.55. The largest absolute Gasteiger partial charge is 0.460 e. The third-order valence-electron chi connectivity index (χ3n) is 6.77. The van der Waals surface area contributed by atoms with Crippen molar-refractivity contribution < 1.29 is 37.0 Å². The van der Waals surface area contributed by atoms with Crippen molar-refractivity contribution in [1.29, 1.82) is 0 Å². The van der Waals surface area contributed by atoms with Gasteiger partial charge < -0.3 is 24.0 Å². The molecule has 1 aromatic carbocycles. The van der Waals surface area contributed by atoms with Crippen molar-refractivity contribution >= 4 is 17.7 Å². The highest BCUT2D eigenvalue weighted by Crippen LogP contribution is 2.42. The minimum atomic E-state index is -4.49. The van der Waals surface area contributed by atoms with Crippen LogP contribution in [0.5, 0.6) is 0 Å². The summed E-state index contributed by atoms with van der Waals surface area (Å²) in [6, 6.07) is 3.58. The summed E-state index contributed by atoms with van der Waals surface area (Å²) < 4.78 is 57.5. The minimum Gasteiger partial charge on any atom is -0.460 e. The van der Waals surface area contributed by atoms with Crippen LogP contribution in [0.1, 0.15) is 77.8 Å². The molecule has 0 aliphatic carbocycles. The quantitative estimate of drug-likeness (QED) is 0.425. The van der Waals surface area contributed by atoms with E-state index in [4.69, 9.17) is 14.2 Å². The fraction of sp³-hybridized carbons (Fsp3) is 0.714. The molecule has 2 atom stereocenters. The molecular formula is C28H41F3N2O5. The fourth-order valence-corrected chi connectivity index (χ4v) is 5.12. The van der Waals surface area contributed by atoms with Crippen LogP contribution in [0.2, 0.25) is 0 Å². The van der Waals surface area contributed by atoms with E-state index >= 15 is 0 Å². The van der Waals surface area contributed by atoms with E-state index in [0.29, 0.717) is 51.2 Å². The van der Waals surface area contributed by atoms with Gasteiger partial charge in [0.25, 0.3) is 0 Å². The molecule has 1 aromatic rings. The number of hydrogen-bond acceptors (Lipinski definition) is 6. The molecule has 1 amide bonds. The Hall–Kier alpha value is -2.49. The van der Waals surface area contributed by atoms with E-state index in [2.05, 4.69) is 0 Å². The SMILES string of the molecule is COC[C@@H]1C[C@H](c2ccc(C(F)(F)F)cc2N2CCC(C(=O)OC(C)(C)C)CC2)CN1C(=O)OC(C)(C)C. The molecule has 7 nitrogen and oxygen atoms in total. The minimum absolute atomic E-state index is 0.191. The Morgan fingerprint density at radius 3 is 2.11 bits per heavy atom. The molecule has 2 aliphatic heterocycles. The lowest BCUT2D eigenvalue weighted by Crippen LogP contribution is -2.41. The molecule has 10 heteroatoms. The summed E-state index contributed by atoms with van der Waals surface area (Å²) in [5.74, 6) is -0.754. The third-order valence-corrected chi connectivity index (χ3v) is 6.77. The Kier molecular flexibility index (Phi) is 8.95. The van der Waals surface area contributed by atoms with Crippen LogP contribution in [-0.2, 0) is 25.2 Å². The summed E-state index contributed by atoms with van der Waals surface area (Å²) in [4.78, 5) is 29.0. The van der Waals surface area contributed by atoms with E-state index in [0.717, 1.165) is 11.6 Å². The van der Waals surface area contributed by atoms with Crippen molar-refractivity contribution in [3.8, 4) is 0 Å². The first-order chi connectivity index (χ1) is 17.5. The van der Waals surface area contributed by atoms with Gasteiger partial charge in [-0.1, -0.05) is 6.07 Å². The molecule has 0 N–H and O–H groups in total. The lowest BCUT2D eigenvalue weighted by atomic mass is 9.90. The molecule has 214 valence electrons. The Balaban J connectivity index is 1.87. The number of halogens is 3. The second kappa shape index (κ2) is 11.3. The van der Waals surface area contributed by atoms with Crippen molar-refractivity contribution in [2.45, 2.75) is 90.1 Å². The van der Waals surface area contributed by atoms with Crippen LogP contribution in [0, 0.1) is 5.92 Å². The average Bonchev–Trinajstić information content (AvgIpc) is 3.20. The molecule has 0 saturated carbocycles. The van der Waals surface area contributed by atoms with Gasteiger partial charge in [0, 0.05) is 38.3 Å². The van der Waals surface area contributed by atoms with E-state index < -0.39 is 29.0 Å². The van der Waals surface area contributed by atoms with Crippen LogP contribution in [-0.4, -0.2) is 67.6 Å². The molecular weight excluding hydrogens is 501 g/mol. The van der Waals surface area contributed by atoms with E-state index in [1.165, 1.54) is 12.1 Å². The molecule has 2 heterocycles. The van der Waals surface area contributed by atoms with Gasteiger partial charge >= 0.3 is 18.2 Å². The number of carbonyl (C=O) groups excluding carboxylic acids is 2. The molecule has 0 spiro atoms. The van der Waals surface area contributed by atoms with Gasteiger partial charge in [-0.15, -0.1) is 0 Å². The van der Waals surface area contributed by atoms with Crippen LogP contribution in [0.15, 0.2) is 18.2 Å². The lowest BCUT2D eigenvalue weighted by Gasteiger charge is -2.36. The highest BCUT2D eigenvalue weighted by Gasteiger charge is 2.41. The number of esters is 1. The number of piperidine rings is 1. The number of likely N-dealkylation sites (tertiary alicyclic amines) is 1.